The Morgan fingerprint density at radius 3 is 2.72 bits per heavy atom. The van der Waals surface area contributed by atoms with Gasteiger partial charge < -0.3 is 4.74 Å². The maximum Gasteiger partial charge on any atom is 0.163 e. The Labute approximate surface area is 114 Å². The van der Waals surface area contributed by atoms with Crippen molar-refractivity contribution in [3.05, 3.63) is 28.2 Å². The Morgan fingerprint density at radius 2 is 2.17 bits per heavy atom. The van der Waals surface area contributed by atoms with Crippen LogP contribution >= 0.6 is 15.9 Å². The molecule has 1 aliphatic rings. The summed E-state index contributed by atoms with van der Waals surface area (Å²) in [5, 5.41) is 0. The van der Waals surface area contributed by atoms with E-state index in [2.05, 4.69) is 15.9 Å². The van der Waals surface area contributed by atoms with Crippen molar-refractivity contribution in [2.24, 2.45) is 0 Å². The lowest BCUT2D eigenvalue weighted by Crippen LogP contribution is -2.19. The molecule has 0 aromatic heterocycles. The zero-order valence-corrected chi connectivity index (χ0v) is 12.3. The van der Waals surface area contributed by atoms with Gasteiger partial charge in [0.05, 0.1) is 17.1 Å². The molecular formula is C12H13BrO4S. The summed E-state index contributed by atoms with van der Waals surface area (Å²) in [6.45, 7) is 1.46. The van der Waals surface area contributed by atoms with E-state index in [4.69, 9.17) is 4.74 Å². The zero-order valence-electron chi connectivity index (χ0n) is 9.85. The number of hydrogen-bond donors (Lipinski definition) is 0. The number of hydrogen-bond acceptors (Lipinski definition) is 4. The lowest BCUT2D eigenvalue weighted by molar-refractivity contribution is 0.101. The van der Waals surface area contributed by atoms with Gasteiger partial charge >= 0.3 is 0 Å². The third kappa shape index (κ3) is 3.11. The molecule has 0 N–H and O–H groups in total. The Kier molecular flexibility index (Phi) is 3.77. The van der Waals surface area contributed by atoms with E-state index >= 15 is 0 Å². The Morgan fingerprint density at radius 1 is 1.44 bits per heavy atom. The number of rotatable bonds is 3. The van der Waals surface area contributed by atoms with Crippen LogP contribution in [0.25, 0.3) is 0 Å². The summed E-state index contributed by atoms with van der Waals surface area (Å²) in [5.74, 6) is 0.532. The van der Waals surface area contributed by atoms with Gasteiger partial charge in [-0.3, -0.25) is 4.79 Å². The highest BCUT2D eigenvalue weighted by atomic mass is 79.9. The Hall–Kier alpha value is -0.880. The molecule has 0 spiro atoms. The van der Waals surface area contributed by atoms with Crippen LogP contribution in [0, 0.1) is 0 Å². The smallest absolute Gasteiger partial charge is 0.163 e. The van der Waals surface area contributed by atoms with Gasteiger partial charge in [0.1, 0.15) is 11.9 Å². The normalized spacial score (nSPS) is 21.8. The van der Waals surface area contributed by atoms with Crippen LogP contribution in [-0.2, 0) is 9.84 Å². The van der Waals surface area contributed by atoms with Gasteiger partial charge in [-0.25, -0.2) is 8.42 Å². The van der Waals surface area contributed by atoms with E-state index in [1.165, 1.54) is 6.92 Å². The van der Waals surface area contributed by atoms with Crippen molar-refractivity contribution in [2.75, 3.05) is 11.5 Å². The van der Waals surface area contributed by atoms with Crippen LogP contribution in [0.3, 0.4) is 0 Å². The fourth-order valence-corrected chi connectivity index (χ4v) is 3.86. The molecule has 98 valence electrons. The second kappa shape index (κ2) is 5.01. The highest BCUT2D eigenvalue weighted by Gasteiger charge is 2.30. The maximum atomic E-state index is 11.5. The van der Waals surface area contributed by atoms with E-state index in [0.29, 0.717) is 17.7 Å². The lowest BCUT2D eigenvalue weighted by Gasteiger charge is -2.14. The number of ketones is 1. The van der Waals surface area contributed by atoms with Crippen LogP contribution in [-0.4, -0.2) is 31.8 Å². The van der Waals surface area contributed by atoms with Crippen molar-refractivity contribution >= 4 is 31.6 Å². The van der Waals surface area contributed by atoms with Gasteiger partial charge in [0.15, 0.2) is 15.6 Å². The number of sulfone groups is 1. The van der Waals surface area contributed by atoms with Crippen molar-refractivity contribution < 1.29 is 17.9 Å². The van der Waals surface area contributed by atoms with Crippen LogP contribution in [0.2, 0.25) is 0 Å². The van der Waals surface area contributed by atoms with Crippen molar-refractivity contribution in [1.82, 2.24) is 0 Å². The molecule has 1 aromatic carbocycles. The second-order valence-corrected chi connectivity index (χ2v) is 7.48. The first-order valence-corrected chi connectivity index (χ1v) is 8.16. The fraction of sp³-hybridized carbons (Fsp3) is 0.417. The third-order valence-electron chi connectivity index (χ3n) is 2.81. The van der Waals surface area contributed by atoms with Gasteiger partial charge in [-0.15, -0.1) is 0 Å². The highest BCUT2D eigenvalue weighted by molar-refractivity contribution is 9.10. The minimum absolute atomic E-state index is 0.0282. The van der Waals surface area contributed by atoms with Gasteiger partial charge in [-0.05, 0) is 31.5 Å². The number of Topliss-reactive ketones (excluding diaryl/α,β-unsaturated/α-hetero) is 1. The lowest BCUT2D eigenvalue weighted by atomic mass is 10.1. The first-order chi connectivity index (χ1) is 8.37. The van der Waals surface area contributed by atoms with Gasteiger partial charge in [-0.2, -0.15) is 0 Å². The molecule has 0 aliphatic carbocycles. The summed E-state index contributed by atoms with van der Waals surface area (Å²) >= 11 is 3.29. The minimum atomic E-state index is -2.98. The van der Waals surface area contributed by atoms with Crippen LogP contribution in [0.4, 0.5) is 0 Å². The molecule has 1 aromatic rings. The summed E-state index contributed by atoms with van der Waals surface area (Å²) < 4.78 is 29.1. The summed E-state index contributed by atoms with van der Waals surface area (Å²) in [7, 11) is -2.98. The molecule has 0 saturated carbocycles. The standard InChI is InChI=1S/C12H13BrO4S/c1-8(14)11-6-9(13)2-3-12(11)17-10-4-5-18(15,16)7-10/h2-3,6,10H,4-5,7H2,1H3. The molecule has 0 bridgehead atoms. The summed E-state index contributed by atoms with van der Waals surface area (Å²) in [5.41, 5.74) is 0.466. The number of halogens is 1. The summed E-state index contributed by atoms with van der Waals surface area (Å²) in [6, 6.07) is 5.14. The maximum absolute atomic E-state index is 11.5. The molecular weight excluding hydrogens is 320 g/mol. The monoisotopic (exact) mass is 332 g/mol. The van der Waals surface area contributed by atoms with E-state index in [0.717, 1.165) is 4.47 Å². The van der Waals surface area contributed by atoms with E-state index in [1.807, 2.05) is 0 Å². The number of ether oxygens (including phenoxy) is 1. The molecule has 18 heavy (non-hydrogen) atoms. The van der Waals surface area contributed by atoms with E-state index in [1.54, 1.807) is 18.2 Å². The predicted molar refractivity (Wildman–Crippen MR) is 71.8 cm³/mol. The molecule has 1 aliphatic heterocycles. The molecule has 0 radical (unpaired) electrons. The third-order valence-corrected chi connectivity index (χ3v) is 5.04. The van der Waals surface area contributed by atoms with Crippen molar-refractivity contribution in [1.29, 1.82) is 0 Å². The van der Waals surface area contributed by atoms with E-state index in [9.17, 15) is 13.2 Å². The zero-order chi connectivity index (χ0) is 13.3. The highest BCUT2D eigenvalue weighted by Crippen LogP contribution is 2.27. The van der Waals surface area contributed by atoms with Gasteiger partial charge in [-0.1, -0.05) is 15.9 Å². The van der Waals surface area contributed by atoms with Crippen molar-refractivity contribution in [2.45, 2.75) is 19.4 Å². The summed E-state index contributed by atoms with van der Waals surface area (Å²) in [6.07, 6.45) is 0.129. The van der Waals surface area contributed by atoms with Crippen molar-refractivity contribution in [3.8, 4) is 5.75 Å². The summed E-state index contributed by atoms with van der Waals surface area (Å²) in [4.78, 5) is 11.5. The largest absolute Gasteiger partial charge is 0.489 e. The Balaban J connectivity index is 2.22. The quantitative estimate of drug-likeness (QED) is 0.796. The SMILES string of the molecule is CC(=O)c1cc(Br)ccc1OC1CCS(=O)(=O)C1. The van der Waals surface area contributed by atoms with Gasteiger partial charge in [0, 0.05) is 4.47 Å². The average molecular weight is 333 g/mol. The van der Waals surface area contributed by atoms with Gasteiger partial charge in [0.2, 0.25) is 0 Å². The molecule has 4 nitrogen and oxygen atoms in total. The minimum Gasteiger partial charge on any atom is -0.489 e. The molecule has 1 fully saturated rings. The first kappa shape index (κ1) is 13.5. The molecule has 1 heterocycles. The molecule has 1 unspecified atom stereocenters. The van der Waals surface area contributed by atoms with Crippen LogP contribution in [0.5, 0.6) is 5.75 Å². The van der Waals surface area contributed by atoms with Crippen LogP contribution < -0.4 is 4.74 Å². The van der Waals surface area contributed by atoms with Crippen LogP contribution in [0.15, 0.2) is 22.7 Å². The predicted octanol–water partition coefficient (Wildman–Crippen LogP) is 2.22. The number of carbonyl (C=O) groups is 1. The fourth-order valence-electron chi connectivity index (χ4n) is 1.91. The first-order valence-electron chi connectivity index (χ1n) is 5.55. The van der Waals surface area contributed by atoms with Gasteiger partial charge in [0.25, 0.3) is 0 Å². The molecule has 0 amide bonds. The van der Waals surface area contributed by atoms with E-state index < -0.39 is 9.84 Å². The second-order valence-electron chi connectivity index (χ2n) is 4.34. The molecule has 1 saturated heterocycles. The van der Waals surface area contributed by atoms with Crippen LogP contribution in [0.1, 0.15) is 23.7 Å². The van der Waals surface area contributed by atoms with Crippen molar-refractivity contribution in [3.63, 3.8) is 0 Å². The molecule has 1 atom stereocenters. The topological polar surface area (TPSA) is 60.4 Å². The number of benzene rings is 1. The Bertz CT molecular complexity index is 580. The molecule has 6 heteroatoms. The van der Waals surface area contributed by atoms with E-state index in [-0.39, 0.29) is 23.4 Å². The number of carbonyl (C=O) groups excluding carboxylic acids is 1. The average Bonchev–Trinajstić information content (AvgIpc) is 2.60. The molecule has 2 rings (SSSR count).